The van der Waals surface area contributed by atoms with Gasteiger partial charge in [0, 0.05) is 38.9 Å². The van der Waals surface area contributed by atoms with E-state index in [0.717, 1.165) is 26.1 Å². The van der Waals surface area contributed by atoms with Crippen LogP contribution in [0.1, 0.15) is 17.2 Å². The van der Waals surface area contributed by atoms with E-state index in [1.54, 1.807) is 0 Å². The number of halogens is 1. The highest BCUT2D eigenvalue weighted by Crippen LogP contribution is 2.31. The molecule has 1 N–H and O–H groups in total. The van der Waals surface area contributed by atoms with Gasteiger partial charge in [-0.15, -0.1) is 0 Å². The van der Waals surface area contributed by atoms with Gasteiger partial charge in [-0.2, -0.15) is 0 Å². The number of morpholine rings is 1. The first-order valence-corrected chi connectivity index (χ1v) is 10.4. The Labute approximate surface area is 176 Å². The van der Waals surface area contributed by atoms with Crippen LogP contribution in [0.4, 0.5) is 10.1 Å². The molecule has 1 saturated heterocycles. The number of anilines is 1. The minimum Gasteiger partial charge on any atom is -0.484 e. The standard InChI is InChI=1S/C23H28FN3O3/c1-26-9-8-18-14-17(2-7-21(18)26)22(27-10-12-29-13-11-27)15-25-23(28)16-30-20-5-3-19(24)4-6-20/h2-7,14,22H,8-13,15-16H2,1H3,(H,25,28). The zero-order chi connectivity index (χ0) is 20.9. The fourth-order valence-corrected chi connectivity index (χ4v) is 4.08. The Bertz CT molecular complexity index is 868. The van der Waals surface area contributed by atoms with Crippen molar-refractivity contribution in [3.05, 3.63) is 59.4 Å². The molecule has 30 heavy (non-hydrogen) atoms. The largest absolute Gasteiger partial charge is 0.484 e. The van der Waals surface area contributed by atoms with Gasteiger partial charge in [0.05, 0.1) is 19.3 Å². The molecule has 0 spiro atoms. The number of benzene rings is 2. The molecule has 1 unspecified atom stereocenters. The number of carbonyl (C=O) groups is 1. The van der Waals surface area contributed by atoms with Crippen molar-refractivity contribution in [3.8, 4) is 5.75 Å². The first kappa shape index (κ1) is 20.6. The normalized spacial score (nSPS) is 17.5. The molecule has 6 nitrogen and oxygen atoms in total. The minimum absolute atomic E-state index is 0.0832. The zero-order valence-corrected chi connectivity index (χ0v) is 17.3. The van der Waals surface area contributed by atoms with E-state index in [9.17, 15) is 9.18 Å². The monoisotopic (exact) mass is 413 g/mol. The summed E-state index contributed by atoms with van der Waals surface area (Å²) in [5.41, 5.74) is 3.86. The number of hydrogen-bond donors (Lipinski definition) is 1. The van der Waals surface area contributed by atoms with Crippen LogP contribution in [0.3, 0.4) is 0 Å². The summed E-state index contributed by atoms with van der Waals surface area (Å²) in [4.78, 5) is 17.0. The zero-order valence-electron chi connectivity index (χ0n) is 17.3. The highest BCUT2D eigenvalue weighted by Gasteiger charge is 2.25. The van der Waals surface area contributed by atoms with E-state index in [0.29, 0.717) is 25.5 Å². The maximum Gasteiger partial charge on any atom is 0.258 e. The van der Waals surface area contributed by atoms with Crippen molar-refractivity contribution in [1.82, 2.24) is 10.2 Å². The molecular formula is C23H28FN3O3. The number of hydrogen-bond acceptors (Lipinski definition) is 5. The van der Waals surface area contributed by atoms with Crippen molar-refractivity contribution in [2.75, 3.05) is 57.9 Å². The van der Waals surface area contributed by atoms with E-state index in [2.05, 4.69) is 40.4 Å². The lowest BCUT2D eigenvalue weighted by Crippen LogP contribution is -2.44. The summed E-state index contributed by atoms with van der Waals surface area (Å²) in [6, 6.07) is 12.4. The predicted octanol–water partition coefficient (Wildman–Crippen LogP) is 2.39. The Hall–Kier alpha value is -2.64. The van der Waals surface area contributed by atoms with Crippen LogP contribution in [0.2, 0.25) is 0 Å². The van der Waals surface area contributed by atoms with Crippen LogP contribution in [0, 0.1) is 5.82 Å². The Kier molecular flexibility index (Phi) is 6.50. The van der Waals surface area contributed by atoms with Gasteiger partial charge < -0.3 is 19.7 Å². The lowest BCUT2D eigenvalue weighted by atomic mass is 10.0. The van der Waals surface area contributed by atoms with Gasteiger partial charge in [0.15, 0.2) is 6.61 Å². The summed E-state index contributed by atoms with van der Waals surface area (Å²) < 4.78 is 24.0. The van der Waals surface area contributed by atoms with Crippen LogP contribution in [0.15, 0.2) is 42.5 Å². The molecular weight excluding hydrogens is 385 g/mol. The second kappa shape index (κ2) is 9.45. The van der Waals surface area contributed by atoms with Crippen molar-refractivity contribution in [2.45, 2.75) is 12.5 Å². The molecule has 0 aliphatic carbocycles. The third-order valence-corrected chi connectivity index (χ3v) is 5.78. The Morgan fingerprint density at radius 3 is 2.70 bits per heavy atom. The molecule has 1 amide bonds. The van der Waals surface area contributed by atoms with Crippen LogP contribution in [0.5, 0.6) is 5.75 Å². The molecule has 2 heterocycles. The highest BCUT2D eigenvalue weighted by molar-refractivity contribution is 5.77. The van der Waals surface area contributed by atoms with E-state index in [1.807, 2.05) is 0 Å². The van der Waals surface area contributed by atoms with Crippen LogP contribution in [-0.4, -0.2) is 63.9 Å². The number of amides is 1. The molecule has 0 radical (unpaired) electrons. The van der Waals surface area contributed by atoms with Crippen molar-refractivity contribution in [3.63, 3.8) is 0 Å². The van der Waals surface area contributed by atoms with Crippen molar-refractivity contribution in [1.29, 1.82) is 0 Å². The second-order valence-electron chi connectivity index (χ2n) is 7.77. The van der Waals surface area contributed by atoms with Crippen LogP contribution < -0.4 is 15.0 Å². The number of nitrogens with zero attached hydrogens (tertiary/aromatic N) is 2. The Balaban J connectivity index is 1.40. The molecule has 0 saturated carbocycles. The van der Waals surface area contributed by atoms with E-state index >= 15 is 0 Å². The molecule has 2 aliphatic rings. The number of likely N-dealkylation sites (N-methyl/N-ethyl adjacent to an activating group) is 1. The SMILES string of the molecule is CN1CCc2cc(C(CNC(=O)COc3ccc(F)cc3)N3CCOCC3)ccc21. The number of carbonyl (C=O) groups excluding carboxylic acids is 1. The minimum atomic E-state index is -0.333. The maximum absolute atomic E-state index is 13.0. The molecule has 160 valence electrons. The van der Waals surface area contributed by atoms with Gasteiger partial charge in [0.25, 0.3) is 5.91 Å². The molecule has 1 atom stereocenters. The van der Waals surface area contributed by atoms with Gasteiger partial charge >= 0.3 is 0 Å². The number of ether oxygens (including phenoxy) is 2. The maximum atomic E-state index is 13.0. The fraction of sp³-hybridized carbons (Fsp3) is 0.435. The highest BCUT2D eigenvalue weighted by atomic mass is 19.1. The molecule has 0 aromatic heterocycles. The van der Waals surface area contributed by atoms with Crippen LogP contribution in [0.25, 0.3) is 0 Å². The second-order valence-corrected chi connectivity index (χ2v) is 7.77. The smallest absolute Gasteiger partial charge is 0.258 e. The molecule has 0 bridgehead atoms. The summed E-state index contributed by atoms with van der Waals surface area (Å²) in [5, 5.41) is 3.01. The summed E-state index contributed by atoms with van der Waals surface area (Å²) >= 11 is 0. The third-order valence-electron chi connectivity index (χ3n) is 5.78. The summed E-state index contributed by atoms with van der Waals surface area (Å²) in [7, 11) is 2.12. The molecule has 2 aromatic rings. The van der Waals surface area contributed by atoms with Gasteiger partial charge in [0.2, 0.25) is 0 Å². The average molecular weight is 413 g/mol. The average Bonchev–Trinajstić information content (AvgIpc) is 3.14. The number of nitrogens with one attached hydrogen (secondary N) is 1. The fourth-order valence-electron chi connectivity index (χ4n) is 4.08. The van der Waals surface area contributed by atoms with Crippen LogP contribution in [-0.2, 0) is 16.0 Å². The summed E-state index contributed by atoms with van der Waals surface area (Å²) in [5.74, 6) is -0.0572. The third kappa shape index (κ3) is 4.91. The predicted molar refractivity (Wildman–Crippen MR) is 113 cm³/mol. The lowest BCUT2D eigenvalue weighted by molar-refractivity contribution is -0.123. The van der Waals surface area contributed by atoms with Gasteiger partial charge in [0.1, 0.15) is 11.6 Å². The Morgan fingerprint density at radius 2 is 1.93 bits per heavy atom. The van der Waals surface area contributed by atoms with Crippen LogP contribution >= 0.6 is 0 Å². The quantitative estimate of drug-likeness (QED) is 0.756. The topological polar surface area (TPSA) is 54.0 Å². The molecule has 1 fully saturated rings. The van der Waals surface area contributed by atoms with Gasteiger partial charge in [-0.25, -0.2) is 4.39 Å². The lowest BCUT2D eigenvalue weighted by Gasteiger charge is -2.35. The summed E-state index contributed by atoms with van der Waals surface area (Å²) in [6.45, 7) is 4.51. The molecule has 4 rings (SSSR count). The van der Waals surface area contributed by atoms with Gasteiger partial charge in [-0.3, -0.25) is 9.69 Å². The Morgan fingerprint density at radius 1 is 1.17 bits per heavy atom. The van der Waals surface area contributed by atoms with E-state index < -0.39 is 0 Å². The molecule has 7 heteroatoms. The number of fused-ring (bicyclic) bond motifs is 1. The van der Waals surface area contributed by atoms with Gasteiger partial charge in [-0.1, -0.05) is 12.1 Å². The van der Waals surface area contributed by atoms with E-state index in [-0.39, 0.29) is 24.4 Å². The van der Waals surface area contributed by atoms with Crippen molar-refractivity contribution in [2.24, 2.45) is 0 Å². The summed E-state index contributed by atoms with van der Waals surface area (Å²) in [6.07, 6.45) is 1.05. The van der Waals surface area contributed by atoms with E-state index in [4.69, 9.17) is 9.47 Å². The molecule has 2 aromatic carbocycles. The van der Waals surface area contributed by atoms with E-state index in [1.165, 1.54) is 41.1 Å². The van der Waals surface area contributed by atoms with Crippen molar-refractivity contribution >= 4 is 11.6 Å². The number of rotatable bonds is 7. The van der Waals surface area contributed by atoms with Crippen molar-refractivity contribution < 1.29 is 18.7 Å². The molecule has 2 aliphatic heterocycles. The first-order valence-electron chi connectivity index (χ1n) is 10.4. The first-order chi connectivity index (χ1) is 14.6. The van der Waals surface area contributed by atoms with Gasteiger partial charge in [-0.05, 0) is 47.9 Å².